The summed E-state index contributed by atoms with van der Waals surface area (Å²) in [6.45, 7) is 0.371. The number of hydrogen-bond donors (Lipinski definition) is 3. The second-order valence-corrected chi connectivity index (χ2v) is 4.14. The number of carbonyl (C=O) groups is 1. The third-order valence-electron chi connectivity index (χ3n) is 2.84. The van der Waals surface area contributed by atoms with Crippen LogP contribution in [0.1, 0.15) is 16.2 Å². The van der Waals surface area contributed by atoms with Gasteiger partial charge in [0.2, 0.25) is 0 Å². The van der Waals surface area contributed by atoms with Crippen molar-refractivity contribution in [2.75, 3.05) is 0 Å². The molecule has 6 heteroatoms. The van der Waals surface area contributed by atoms with Gasteiger partial charge in [0.1, 0.15) is 5.82 Å². The van der Waals surface area contributed by atoms with Crippen molar-refractivity contribution in [1.29, 1.82) is 0 Å². The first-order valence-electron chi connectivity index (χ1n) is 5.78. The summed E-state index contributed by atoms with van der Waals surface area (Å²) in [4.78, 5) is 15.0. The van der Waals surface area contributed by atoms with Crippen LogP contribution < -0.4 is 5.32 Å². The predicted molar refractivity (Wildman–Crippen MR) is 68.0 cm³/mol. The second-order valence-electron chi connectivity index (χ2n) is 4.14. The Hall–Kier alpha value is -2.63. The Morgan fingerprint density at radius 2 is 2.26 bits per heavy atom. The van der Waals surface area contributed by atoms with Gasteiger partial charge in [0.05, 0.1) is 12.1 Å². The summed E-state index contributed by atoms with van der Waals surface area (Å²) in [6, 6.07) is 7.88. The zero-order valence-corrected chi connectivity index (χ0v) is 9.90. The number of rotatable bonds is 3. The number of nitrogens with one attached hydrogen (secondary N) is 3. The van der Waals surface area contributed by atoms with Crippen molar-refractivity contribution in [3.05, 3.63) is 53.7 Å². The molecular formula is C13H11FN4O. The predicted octanol–water partition coefficient (Wildman–Crippen LogP) is 1.96. The number of H-pyrrole nitrogens is 2. The maximum absolute atomic E-state index is 13.2. The molecule has 0 saturated carbocycles. The van der Waals surface area contributed by atoms with Crippen LogP contribution in [0.5, 0.6) is 0 Å². The Bertz CT molecular complexity index is 717. The van der Waals surface area contributed by atoms with E-state index in [1.54, 1.807) is 12.3 Å². The minimum absolute atomic E-state index is 0.195. The van der Waals surface area contributed by atoms with E-state index in [0.29, 0.717) is 17.4 Å². The van der Waals surface area contributed by atoms with Crippen LogP contribution in [0.25, 0.3) is 10.9 Å². The van der Waals surface area contributed by atoms with Crippen molar-refractivity contribution in [3.8, 4) is 0 Å². The Kier molecular flexibility index (Phi) is 2.75. The largest absolute Gasteiger partial charge is 0.364 e. The molecule has 0 unspecified atom stereocenters. The number of aromatic amines is 2. The molecule has 0 atom stereocenters. The number of amides is 1. The van der Waals surface area contributed by atoms with Gasteiger partial charge in [-0.3, -0.25) is 9.89 Å². The lowest BCUT2D eigenvalue weighted by atomic mass is 10.2. The van der Waals surface area contributed by atoms with E-state index >= 15 is 0 Å². The zero-order valence-electron chi connectivity index (χ0n) is 9.90. The van der Waals surface area contributed by atoms with E-state index in [0.717, 1.165) is 5.69 Å². The summed E-state index contributed by atoms with van der Waals surface area (Å²) in [5.41, 5.74) is 1.71. The van der Waals surface area contributed by atoms with Crippen molar-refractivity contribution in [1.82, 2.24) is 20.5 Å². The van der Waals surface area contributed by atoms with Gasteiger partial charge < -0.3 is 10.3 Å². The van der Waals surface area contributed by atoms with Crippen LogP contribution in [0.4, 0.5) is 4.39 Å². The van der Waals surface area contributed by atoms with E-state index in [-0.39, 0.29) is 11.6 Å². The quantitative estimate of drug-likeness (QED) is 0.672. The molecule has 2 aromatic heterocycles. The van der Waals surface area contributed by atoms with Gasteiger partial charge in [0.15, 0.2) is 5.69 Å². The fourth-order valence-electron chi connectivity index (χ4n) is 1.90. The number of aromatic nitrogens is 3. The number of fused-ring (bicyclic) bond motifs is 1. The average Bonchev–Trinajstić information content (AvgIpc) is 3.04. The van der Waals surface area contributed by atoms with E-state index in [9.17, 15) is 9.18 Å². The van der Waals surface area contributed by atoms with Gasteiger partial charge in [0, 0.05) is 17.3 Å². The van der Waals surface area contributed by atoms with Gasteiger partial charge in [0.25, 0.3) is 5.91 Å². The van der Waals surface area contributed by atoms with Gasteiger partial charge in [-0.25, -0.2) is 4.39 Å². The highest BCUT2D eigenvalue weighted by atomic mass is 19.1. The lowest BCUT2D eigenvalue weighted by molar-refractivity contribution is 0.0947. The van der Waals surface area contributed by atoms with Gasteiger partial charge in [-0.05, 0) is 30.3 Å². The number of hydrogen-bond acceptors (Lipinski definition) is 2. The van der Waals surface area contributed by atoms with Crippen molar-refractivity contribution >= 4 is 16.8 Å². The molecule has 3 aromatic rings. The van der Waals surface area contributed by atoms with Crippen LogP contribution in [0.2, 0.25) is 0 Å². The highest BCUT2D eigenvalue weighted by Gasteiger charge is 2.14. The minimum Gasteiger partial charge on any atom is -0.364 e. The van der Waals surface area contributed by atoms with Gasteiger partial charge >= 0.3 is 0 Å². The molecule has 1 aromatic carbocycles. The van der Waals surface area contributed by atoms with E-state index < -0.39 is 5.82 Å². The van der Waals surface area contributed by atoms with E-state index in [1.165, 1.54) is 12.1 Å². The van der Waals surface area contributed by atoms with Crippen molar-refractivity contribution in [2.45, 2.75) is 6.54 Å². The summed E-state index contributed by atoms with van der Waals surface area (Å²) in [5, 5.41) is 9.83. The maximum Gasteiger partial charge on any atom is 0.272 e. The van der Waals surface area contributed by atoms with Crippen LogP contribution in [-0.2, 0) is 6.54 Å². The molecule has 0 saturated heterocycles. The number of halogens is 1. The second kappa shape index (κ2) is 4.56. The monoisotopic (exact) mass is 258 g/mol. The molecule has 0 aliphatic rings. The smallest absolute Gasteiger partial charge is 0.272 e. The third-order valence-corrected chi connectivity index (χ3v) is 2.84. The number of carbonyl (C=O) groups excluding carboxylic acids is 1. The molecule has 19 heavy (non-hydrogen) atoms. The summed E-state index contributed by atoms with van der Waals surface area (Å²) < 4.78 is 13.2. The summed E-state index contributed by atoms with van der Waals surface area (Å²) in [5.74, 6) is -0.737. The Morgan fingerprint density at radius 1 is 1.37 bits per heavy atom. The SMILES string of the molecule is O=C(NCc1ccc[nH]1)c1n[nH]c2ccc(F)cc12. The highest BCUT2D eigenvalue weighted by Crippen LogP contribution is 2.17. The highest BCUT2D eigenvalue weighted by molar-refractivity contribution is 6.04. The molecule has 5 nitrogen and oxygen atoms in total. The molecule has 0 spiro atoms. The molecule has 2 heterocycles. The van der Waals surface area contributed by atoms with Crippen LogP contribution in [0.15, 0.2) is 36.5 Å². The Labute approximate surface area is 107 Å². The topological polar surface area (TPSA) is 73.6 Å². The summed E-state index contributed by atoms with van der Waals surface area (Å²) >= 11 is 0. The molecule has 3 N–H and O–H groups in total. The van der Waals surface area contributed by atoms with Crippen LogP contribution in [0, 0.1) is 5.82 Å². The van der Waals surface area contributed by atoms with Gasteiger partial charge in [-0.2, -0.15) is 5.10 Å². The van der Waals surface area contributed by atoms with E-state index in [2.05, 4.69) is 20.5 Å². The fraction of sp³-hybridized carbons (Fsp3) is 0.0769. The van der Waals surface area contributed by atoms with Crippen molar-refractivity contribution in [3.63, 3.8) is 0 Å². The molecule has 0 aliphatic carbocycles. The minimum atomic E-state index is -0.396. The zero-order chi connectivity index (χ0) is 13.2. The first kappa shape index (κ1) is 11.5. The number of nitrogens with zero attached hydrogens (tertiary/aromatic N) is 1. The fourth-order valence-corrected chi connectivity index (χ4v) is 1.90. The van der Waals surface area contributed by atoms with Crippen LogP contribution >= 0.6 is 0 Å². The molecule has 0 fully saturated rings. The van der Waals surface area contributed by atoms with Crippen LogP contribution in [-0.4, -0.2) is 21.1 Å². The summed E-state index contributed by atoms with van der Waals surface area (Å²) in [6.07, 6.45) is 1.78. The van der Waals surface area contributed by atoms with E-state index in [1.807, 2.05) is 12.1 Å². The number of benzene rings is 1. The van der Waals surface area contributed by atoms with E-state index in [4.69, 9.17) is 0 Å². The van der Waals surface area contributed by atoms with Gasteiger partial charge in [-0.15, -0.1) is 0 Å². The van der Waals surface area contributed by atoms with Crippen molar-refractivity contribution < 1.29 is 9.18 Å². The molecule has 0 aliphatic heterocycles. The Balaban J connectivity index is 1.83. The average molecular weight is 258 g/mol. The first-order valence-corrected chi connectivity index (χ1v) is 5.78. The van der Waals surface area contributed by atoms with Crippen molar-refractivity contribution in [2.24, 2.45) is 0 Å². The lowest BCUT2D eigenvalue weighted by Crippen LogP contribution is -2.23. The lowest BCUT2D eigenvalue weighted by Gasteiger charge is -2.01. The molecule has 0 radical (unpaired) electrons. The third kappa shape index (κ3) is 2.20. The molecule has 96 valence electrons. The van der Waals surface area contributed by atoms with Crippen LogP contribution in [0.3, 0.4) is 0 Å². The first-order chi connectivity index (χ1) is 9.24. The normalized spacial score (nSPS) is 10.8. The summed E-state index contributed by atoms with van der Waals surface area (Å²) in [7, 11) is 0. The Morgan fingerprint density at radius 3 is 3.05 bits per heavy atom. The molecule has 0 bridgehead atoms. The standard InChI is InChI=1S/C13H11FN4O/c14-8-3-4-11-10(6-8)12(18-17-11)13(19)16-7-9-2-1-5-15-9/h1-6,15H,7H2,(H,16,19)(H,17,18). The maximum atomic E-state index is 13.2. The van der Waals surface area contributed by atoms with Gasteiger partial charge in [-0.1, -0.05) is 0 Å². The molecule has 1 amide bonds. The molecular weight excluding hydrogens is 247 g/mol. The molecule has 3 rings (SSSR count).